The second-order valence-corrected chi connectivity index (χ2v) is 4.20. The second kappa shape index (κ2) is 4.61. The molecule has 3 aromatic rings. The van der Waals surface area contributed by atoms with Crippen LogP contribution in [0.4, 0.5) is 0 Å². The Morgan fingerprint density at radius 1 is 1.40 bits per heavy atom. The third kappa shape index (κ3) is 2.05. The normalized spacial score (nSPS) is 10.7. The Morgan fingerprint density at radius 2 is 2.25 bits per heavy atom. The van der Waals surface area contributed by atoms with Crippen molar-refractivity contribution in [2.24, 2.45) is 0 Å². The first-order chi connectivity index (χ1) is 9.65. The van der Waals surface area contributed by atoms with Gasteiger partial charge in [-0.1, -0.05) is 6.07 Å². The maximum atomic E-state index is 11.2. The zero-order valence-electron chi connectivity index (χ0n) is 10.5. The number of aromatic carboxylic acids is 1. The third-order valence-electron chi connectivity index (χ3n) is 2.76. The molecule has 7 heteroatoms. The molecule has 0 aliphatic heterocycles. The van der Waals surface area contributed by atoms with E-state index in [9.17, 15) is 9.90 Å². The predicted octanol–water partition coefficient (Wildman–Crippen LogP) is 1.92. The number of rotatable bonds is 3. The highest BCUT2D eigenvalue weighted by molar-refractivity contribution is 5.91. The maximum Gasteiger partial charge on any atom is 0.339 e. The van der Waals surface area contributed by atoms with Gasteiger partial charge in [0, 0.05) is 12.4 Å². The SMILES string of the molecule is Cc1ccc(C(=O)O)c(Oc2nccn3cnnc23)c1. The van der Waals surface area contributed by atoms with Gasteiger partial charge in [-0.3, -0.25) is 4.40 Å². The number of benzene rings is 1. The Labute approximate surface area is 113 Å². The number of ether oxygens (including phenoxy) is 1. The van der Waals surface area contributed by atoms with Gasteiger partial charge in [0.05, 0.1) is 0 Å². The van der Waals surface area contributed by atoms with Crippen molar-refractivity contribution >= 4 is 11.6 Å². The molecule has 0 saturated heterocycles. The average molecular weight is 270 g/mol. The molecule has 1 aromatic carbocycles. The number of hydrogen-bond acceptors (Lipinski definition) is 5. The van der Waals surface area contributed by atoms with Crippen LogP contribution in [0.15, 0.2) is 36.9 Å². The smallest absolute Gasteiger partial charge is 0.339 e. The van der Waals surface area contributed by atoms with Crippen molar-refractivity contribution in [3.05, 3.63) is 48.0 Å². The Morgan fingerprint density at radius 3 is 3.05 bits per heavy atom. The van der Waals surface area contributed by atoms with Gasteiger partial charge in [-0.2, -0.15) is 0 Å². The van der Waals surface area contributed by atoms with Crippen LogP contribution in [0.5, 0.6) is 11.6 Å². The van der Waals surface area contributed by atoms with Gasteiger partial charge >= 0.3 is 5.97 Å². The fourth-order valence-corrected chi connectivity index (χ4v) is 1.80. The summed E-state index contributed by atoms with van der Waals surface area (Å²) in [4.78, 5) is 15.3. The Balaban J connectivity index is 2.09. The fourth-order valence-electron chi connectivity index (χ4n) is 1.80. The van der Waals surface area contributed by atoms with Crippen LogP contribution in [0.3, 0.4) is 0 Å². The standard InChI is InChI=1S/C13H10N4O3/c1-8-2-3-9(13(18)19)10(6-8)20-12-11-16-15-7-17(11)5-4-14-12/h2-7H,1H3,(H,18,19). The van der Waals surface area contributed by atoms with E-state index in [0.29, 0.717) is 5.65 Å². The van der Waals surface area contributed by atoms with Crippen molar-refractivity contribution in [2.45, 2.75) is 6.92 Å². The van der Waals surface area contributed by atoms with Crippen LogP contribution in [-0.4, -0.2) is 30.7 Å². The molecule has 7 nitrogen and oxygen atoms in total. The summed E-state index contributed by atoms with van der Waals surface area (Å²) in [6.45, 7) is 1.85. The minimum atomic E-state index is -1.06. The molecule has 100 valence electrons. The summed E-state index contributed by atoms with van der Waals surface area (Å²) < 4.78 is 7.25. The number of aryl methyl sites for hydroxylation is 1. The zero-order valence-corrected chi connectivity index (χ0v) is 10.5. The summed E-state index contributed by atoms with van der Waals surface area (Å²) >= 11 is 0. The first kappa shape index (κ1) is 12.1. The van der Waals surface area contributed by atoms with Crippen molar-refractivity contribution in [1.29, 1.82) is 0 Å². The van der Waals surface area contributed by atoms with Crippen molar-refractivity contribution in [2.75, 3.05) is 0 Å². The largest absolute Gasteiger partial charge is 0.478 e. The molecule has 0 unspecified atom stereocenters. The van der Waals surface area contributed by atoms with Crippen LogP contribution in [0.1, 0.15) is 15.9 Å². The van der Waals surface area contributed by atoms with E-state index in [4.69, 9.17) is 4.74 Å². The quantitative estimate of drug-likeness (QED) is 0.782. The lowest BCUT2D eigenvalue weighted by Crippen LogP contribution is -2.02. The summed E-state index contributed by atoms with van der Waals surface area (Å²) in [6, 6.07) is 4.85. The van der Waals surface area contributed by atoms with Gasteiger partial charge < -0.3 is 9.84 Å². The summed E-state index contributed by atoms with van der Waals surface area (Å²) in [6.07, 6.45) is 4.72. The van der Waals surface area contributed by atoms with Gasteiger partial charge in [0.15, 0.2) is 0 Å². The van der Waals surface area contributed by atoms with Crippen LogP contribution in [0.2, 0.25) is 0 Å². The van der Waals surface area contributed by atoms with Crippen LogP contribution >= 0.6 is 0 Å². The van der Waals surface area contributed by atoms with Gasteiger partial charge in [-0.25, -0.2) is 9.78 Å². The van der Waals surface area contributed by atoms with E-state index in [1.165, 1.54) is 18.6 Å². The van der Waals surface area contributed by atoms with Crippen LogP contribution in [0.25, 0.3) is 5.65 Å². The number of hydrogen-bond donors (Lipinski definition) is 1. The van der Waals surface area contributed by atoms with E-state index < -0.39 is 5.97 Å². The lowest BCUT2D eigenvalue weighted by atomic mass is 10.1. The van der Waals surface area contributed by atoms with Gasteiger partial charge in [0.1, 0.15) is 17.6 Å². The fraction of sp³-hybridized carbons (Fsp3) is 0.0769. The zero-order chi connectivity index (χ0) is 14.1. The van der Waals surface area contributed by atoms with E-state index in [-0.39, 0.29) is 17.2 Å². The lowest BCUT2D eigenvalue weighted by Gasteiger charge is -2.09. The molecule has 0 aliphatic rings. The number of carboxylic acids is 1. The van der Waals surface area contributed by atoms with Gasteiger partial charge in [-0.05, 0) is 24.6 Å². The predicted molar refractivity (Wildman–Crippen MR) is 69.0 cm³/mol. The molecule has 2 aromatic heterocycles. The first-order valence-corrected chi connectivity index (χ1v) is 5.81. The monoisotopic (exact) mass is 270 g/mol. The highest BCUT2D eigenvalue weighted by Gasteiger charge is 2.15. The molecule has 0 bridgehead atoms. The molecule has 0 fully saturated rings. The van der Waals surface area contributed by atoms with Gasteiger partial charge in [0.2, 0.25) is 5.65 Å². The summed E-state index contributed by atoms with van der Waals surface area (Å²) in [5, 5.41) is 16.8. The molecule has 0 saturated carbocycles. The molecule has 20 heavy (non-hydrogen) atoms. The second-order valence-electron chi connectivity index (χ2n) is 4.20. The summed E-state index contributed by atoms with van der Waals surface area (Å²) in [5.74, 6) is -0.632. The van der Waals surface area contributed by atoms with E-state index in [1.807, 2.05) is 6.92 Å². The van der Waals surface area contributed by atoms with Crippen molar-refractivity contribution < 1.29 is 14.6 Å². The van der Waals surface area contributed by atoms with E-state index in [2.05, 4.69) is 15.2 Å². The van der Waals surface area contributed by atoms with Crippen molar-refractivity contribution in [1.82, 2.24) is 19.6 Å². The molecule has 0 aliphatic carbocycles. The minimum absolute atomic E-state index is 0.0684. The minimum Gasteiger partial charge on any atom is -0.478 e. The Hall–Kier alpha value is -2.96. The first-order valence-electron chi connectivity index (χ1n) is 5.81. The molecule has 0 amide bonds. The highest BCUT2D eigenvalue weighted by Crippen LogP contribution is 2.27. The third-order valence-corrected chi connectivity index (χ3v) is 2.76. The number of carbonyl (C=O) groups is 1. The maximum absolute atomic E-state index is 11.2. The van der Waals surface area contributed by atoms with Crippen molar-refractivity contribution in [3.8, 4) is 11.6 Å². The number of fused-ring (bicyclic) bond motifs is 1. The molecule has 0 radical (unpaired) electrons. The molecule has 3 rings (SSSR count). The molecule has 0 atom stereocenters. The van der Waals surface area contributed by atoms with Crippen LogP contribution < -0.4 is 4.74 Å². The molecular weight excluding hydrogens is 260 g/mol. The number of aromatic nitrogens is 4. The molecule has 1 N–H and O–H groups in total. The van der Waals surface area contributed by atoms with E-state index in [0.717, 1.165) is 5.56 Å². The van der Waals surface area contributed by atoms with Crippen LogP contribution in [-0.2, 0) is 0 Å². The topological polar surface area (TPSA) is 89.6 Å². The highest BCUT2D eigenvalue weighted by atomic mass is 16.5. The molecule has 2 heterocycles. The van der Waals surface area contributed by atoms with Crippen LogP contribution in [0, 0.1) is 6.92 Å². The summed E-state index contributed by atoms with van der Waals surface area (Å²) in [7, 11) is 0. The Bertz CT molecular complexity index is 797. The Kier molecular flexibility index (Phi) is 2.79. The molecular formula is C13H10N4O3. The average Bonchev–Trinajstić information content (AvgIpc) is 2.88. The lowest BCUT2D eigenvalue weighted by molar-refractivity contribution is 0.0694. The van der Waals surface area contributed by atoms with Crippen molar-refractivity contribution in [3.63, 3.8) is 0 Å². The summed E-state index contributed by atoms with van der Waals surface area (Å²) in [5.41, 5.74) is 1.38. The van der Waals surface area contributed by atoms with Gasteiger partial charge in [0.25, 0.3) is 5.88 Å². The van der Waals surface area contributed by atoms with E-state index >= 15 is 0 Å². The number of carboxylic acid groups (broad SMARTS) is 1. The molecule has 0 spiro atoms. The number of nitrogens with zero attached hydrogens (tertiary/aromatic N) is 4. The van der Waals surface area contributed by atoms with Gasteiger partial charge in [-0.15, -0.1) is 10.2 Å². The van der Waals surface area contributed by atoms with E-state index in [1.54, 1.807) is 22.7 Å².